The lowest BCUT2D eigenvalue weighted by molar-refractivity contribution is -0.126. The van der Waals surface area contributed by atoms with Gasteiger partial charge in [0.2, 0.25) is 5.91 Å². The number of amides is 1. The molecule has 2 aromatic carbocycles. The fourth-order valence-corrected chi connectivity index (χ4v) is 3.82. The van der Waals surface area contributed by atoms with Gasteiger partial charge in [0.25, 0.3) is 0 Å². The predicted octanol–water partition coefficient (Wildman–Crippen LogP) is 4.52. The summed E-state index contributed by atoms with van der Waals surface area (Å²) in [4.78, 5) is 21.9. The van der Waals surface area contributed by atoms with Crippen molar-refractivity contribution in [2.45, 2.75) is 18.9 Å². The number of nitrogens with one attached hydrogen (secondary N) is 1. The van der Waals surface area contributed by atoms with Gasteiger partial charge in [-0.25, -0.2) is 18.7 Å². The van der Waals surface area contributed by atoms with Crippen LogP contribution in [0.2, 0.25) is 5.02 Å². The number of rotatable bonds is 7. The molecule has 1 saturated carbocycles. The van der Waals surface area contributed by atoms with Gasteiger partial charge in [0.15, 0.2) is 5.82 Å². The summed E-state index contributed by atoms with van der Waals surface area (Å²) in [6.07, 6.45) is 4.39. The van der Waals surface area contributed by atoms with Gasteiger partial charge < -0.3 is 15.3 Å². The summed E-state index contributed by atoms with van der Waals surface area (Å²) < 4.78 is 29.6. The summed E-state index contributed by atoms with van der Waals surface area (Å²) >= 11 is 6.29. The Morgan fingerprint density at radius 2 is 2.10 bits per heavy atom. The minimum Gasteiger partial charge on any atom is -0.507 e. The van der Waals surface area contributed by atoms with E-state index >= 15 is 4.39 Å². The number of fused-ring (bicyclic) bond motifs is 1. The molecular weight excluding hydrogens is 426 g/mol. The molecule has 1 aromatic heterocycles. The van der Waals surface area contributed by atoms with E-state index in [1.54, 1.807) is 4.90 Å². The third kappa shape index (κ3) is 4.03. The lowest BCUT2D eigenvalue weighted by Gasteiger charge is -2.21. The van der Waals surface area contributed by atoms with Crippen molar-refractivity contribution in [3.63, 3.8) is 0 Å². The first-order chi connectivity index (χ1) is 14.9. The van der Waals surface area contributed by atoms with Crippen molar-refractivity contribution in [2.75, 3.05) is 18.4 Å². The molecule has 3 aromatic rings. The number of phenolic OH excluding ortho intramolecular Hbond substituents is 1. The molecule has 9 heteroatoms. The Balaban J connectivity index is 1.66. The normalized spacial score (nSPS) is 13.3. The lowest BCUT2D eigenvalue weighted by Crippen LogP contribution is -2.35. The van der Waals surface area contributed by atoms with Crippen LogP contribution in [-0.4, -0.2) is 45.0 Å². The van der Waals surface area contributed by atoms with Crippen LogP contribution < -0.4 is 5.32 Å². The second-order valence-corrected chi connectivity index (χ2v) is 7.60. The molecule has 0 unspecified atom stereocenters. The molecular formula is C22H19ClF2N4O2. The summed E-state index contributed by atoms with van der Waals surface area (Å²) in [7, 11) is 0. The van der Waals surface area contributed by atoms with Crippen molar-refractivity contribution >= 4 is 34.2 Å². The number of nitrogens with zero attached hydrogens (tertiary/aromatic N) is 3. The van der Waals surface area contributed by atoms with E-state index < -0.39 is 17.4 Å². The van der Waals surface area contributed by atoms with Crippen LogP contribution in [0, 0.1) is 11.6 Å². The molecule has 1 amide bonds. The first-order valence-corrected chi connectivity index (χ1v) is 10.1. The Morgan fingerprint density at radius 1 is 1.32 bits per heavy atom. The van der Waals surface area contributed by atoms with E-state index in [1.807, 2.05) is 0 Å². The van der Waals surface area contributed by atoms with E-state index in [9.17, 15) is 14.3 Å². The summed E-state index contributed by atoms with van der Waals surface area (Å²) in [6.45, 7) is 4.33. The van der Waals surface area contributed by atoms with Crippen molar-refractivity contribution in [3.8, 4) is 16.9 Å². The molecule has 6 nitrogen and oxygen atoms in total. The quantitative estimate of drug-likeness (QED) is 0.524. The van der Waals surface area contributed by atoms with Gasteiger partial charge in [-0.05, 0) is 37.1 Å². The third-order valence-corrected chi connectivity index (χ3v) is 5.45. The number of hydrogen-bond acceptors (Lipinski definition) is 5. The van der Waals surface area contributed by atoms with E-state index in [1.165, 1.54) is 30.6 Å². The highest BCUT2D eigenvalue weighted by atomic mass is 35.5. The topological polar surface area (TPSA) is 78.4 Å². The third-order valence-electron chi connectivity index (χ3n) is 5.15. The molecule has 0 spiro atoms. The largest absolute Gasteiger partial charge is 0.507 e. The molecule has 160 valence electrons. The molecule has 2 N–H and O–H groups in total. The number of hydrogen-bond donors (Lipinski definition) is 2. The molecule has 4 rings (SSSR count). The fourth-order valence-electron chi connectivity index (χ4n) is 3.53. The van der Waals surface area contributed by atoms with Crippen molar-refractivity contribution in [2.24, 2.45) is 0 Å². The first-order valence-electron chi connectivity index (χ1n) is 9.69. The maximum absolute atomic E-state index is 15.3. The van der Waals surface area contributed by atoms with Gasteiger partial charge in [0.1, 0.15) is 29.2 Å². The van der Waals surface area contributed by atoms with Gasteiger partial charge in [-0.3, -0.25) is 4.79 Å². The van der Waals surface area contributed by atoms with Crippen molar-refractivity contribution in [1.29, 1.82) is 0 Å². The number of anilines is 1. The van der Waals surface area contributed by atoms with Crippen LogP contribution in [0.1, 0.15) is 12.8 Å². The van der Waals surface area contributed by atoms with Crippen molar-refractivity contribution in [3.05, 3.63) is 59.9 Å². The monoisotopic (exact) mass is 444 g/mol. The number of carbonyl (C=O) groups excluding carboxylic acids is 1. The highest BCUT2D eigenvalue weighted by Gasteiger charge is 2.31. The maximum Gasteiger partial charge on any atom is 0.246 e. The summed E-state index contributed by atoms with van der Waals surface area (Å²) in [6, 6.07) is 5.32. The first kappa shape index (κ1) is 21.0. The van der Waals surface area contributed by atoms with Gasteiger partial charge in [-0.1, -0.05) is 24.2 Å². The number of carbonyl (C=O) groups is 1. The van der Waals surface area contributed by atoms with Crippen LogP contribution in [0.15, 0.2) is 43.2 Å². The Labute approximate surface area is 182 Å². The van der Waals surface area contributed by atoms with Gasteiger partial charge in [-0.2, -0.15) is 0 Å². The van der Waals surface area contributed by atoms with Crippen molar-refractivity contribution in [1.82, 2.24) is 14.9 Å². The van der Waals surface area contributed by atoms with Crippen LogP contribution in [-0.2, 0) is 4.79 Å². The number of aromatic hydroxyl groups is 1. The van der Waals surface area contributed by atoms with Gasteiger partial charge >= 0.3 is 0 Å². The van der Waals surface area contributed by atoms with E-state index in [-0.39, 0.29) is 33.6 Å². The van der Waals surface area contributed by atoms with Crippen molar-refractivity contribution < 1.29 is 18.7 Å². The second kappa shape index (κ2) is 8.47. The van der Waals surface area contributed by atoms with Crippen LogP contribution in [0.5, 0.6) is 5.75 Å². The second-order valence-electron chi connectivity index (χ2n) is 7.19. The standard InChI is InChI=1S/C22H19ClF2N4O2/c1-2-17(31)29(12-6-7-12)9-8-26-22-13-10-14(23)18(20(25)21(13)27-11-28-22)19-15(24)4-3-5-16(19)30/h2-5,10-12,30H,1,6-9H2,(H,26,27,28). The smallest absolute Gasteiger partial charge is 0.246 e. The highest BCUT2D eigenvalue weighted by molar-refractivity contribution is 6.34. The average Bonchev–Trinajstić information content (AvgIpc) is 3.58. The van der Waals surface area contributed by atoms with Crippen LogP contribution in [0.25, 0.3) is 22.0 Å². The predicted molar refractivity (Wildman–Crippen MR) is 115 cm³/mol. The van der Waals surface area contributed by atoms with E-state index in [0.717, 1.165) is 18.9 Å². The lowest BCUT2D eigenvalue weighted by atomic mass is 10.0. The number of halogens is 3. The molecule has 1 aliphatic carbocycles. The molecule has 0 radical (unpaired) electrons. The van der Waals surface area contributed by atoms with Crippen LogP contribution in [0.4, 0.5) is 14.6 Å². The molecule has 1 fully saturated rings. The minimum atomic E-state index is -0.866. The Kier molecular flexibility index (Phi) is 5.73. The number of aromatic nitrogens is 2. The zero-order valence-electron chi connectivity index (χ0n) is 16.4. The molecule has 31 heavy (non-hydrogen) atoms. The molecule has 1 heterocycles. The molecule has 0 bridgehead atoms. The summed E-state index contributed by atoms with van der Waals surface area (Å²) in [5.74, 6) is -1.91. The molecule has 0 atom stereocenters. The number of benzene rings is 2. The van der Waals surface area contributed by atoms with E-state index in [0.29, 0.717) is 24.3 Å². The van der Waals surface area contributed by atoms with Gasteiger partial charge in [0.05, 0.1) is 10.6 Å². The van der Waals surface area contributed by atoms with E-state index in [2.05, 4.69) is 21.9 Å². The number of phenols is 1. The fraction of sp³-hybridized carbons (Fsp3) is 0.227. The van der Waals surface area contributed by atoms with Gasteiger partial charge in [-0.15, -0.1) is 0 Å². The zero-order chi connectivity index (χ0) is 22.1. The molecule has 0 aliphatic heterocycles. The van der Waals surface area contributed by atoms with Gasteiger partial charge in [0, 0.05) is 30.1 Å². The summed E-state index contributed by atoms with van der Waals surface area (Å²) in [5.41, 5.74) is -0.672. The Bertz CT molecular complexity index is 1160. The minimum absolute atomic E-state index is 0.0687. The van der Waals surface area contributed by atoms with Crippen LogP contribution >= 0.6 is 11.6 Å². The highest BCUT2D eigenvalue weighted by Crippen LogP contribution is 2.41. The maximum atomic E-state index is 15.3. The SMILES string of the molecule is C=CC(=O)N(CCNc1ncnc2c(F)c(-c3c(O)cccc3F)c(Cl)cc12)C1CC1. The average molecular weight is 445 g/mol. The summed E-state index contributed by atoms with van der Waals surface area (Å²) in [5, 5.41) is 13.4. The van der Waals surface area contributed by atoms with Crippen LogP contribution in [0.3, 0.4) is 0 Å². The Morgan fingerprint density at radius 3 is 2.77 bits per heavy atom. The molecule has 0 saturated heterocycles. The Hall–Kier alpha value is -3.26. The molecule has 1 aliphatic rings. The zero-order valence-corrected chi connectivity index (χ0v) is 17.2. The van der Waals surface area contributed by atoms with E-state index in [4.69, 9.17) is 11.6 Å².